The Balaban J connectivity index is 1.43. The van der Waals surface area contributed by atoms with Crippen molar-refractivity contribution in [3.8, 4) is 0 Å². The Morgan fingerprint density at radius 1 is 1.10 bits per heavy atom. The van der Waals surface area contributed by atoms with Gasteiger partial charge in [-0.1, -0.05) is 35.0 Å². The normalized spacial score (nSPS) is 14.3. The monoisotopic (exact) mass is 393 g/mol. The Morgan fingerprint density at radius 2 is 1.86 bits per heavy atom. The van der Waals surface area contributed by atoms with Crippen LogP contribution in [0.3, 0.4) is 0 Å². The Labute approximate surface area is 168 Å². The van der Waals surface area contributed by atoms with E-state index in [1.807, 2.05) is 45.0 Å². The summed E-state index contributed by atoms with van der Waals surface area (Å²) in [6, 6.07) is 7.89. The molecule has 0 bridgehead atoms. The van der Waals surface area contributed by atoms with Gasteiger partial charge in [-0.2, -0.15) is 5.10 Å². The topological polar surface area (TPSA) is 84.5 Å². The minimum absolute atomic E-state index is 0.0831. The highest BCUT2D eigenvalue weighted by Gasteiger charge is 2.37. The van der Waals surface area contributed by atoms with Gasteiger partial charge in [0.1, 0.15) is 12.3 Å². The summed E-state index contributed by atoms with van der Waals surface area (Å²) in [7, 11) is 0. The molecule has 1 aliphatic heterocycles. The summed E-state index contributed by atoms with van der Waals surface area (Å²) in [4.78, 5) is 28.1. The van der Waals surface area contributed by atoms with E-state index in [-0.39, 0.29) is 18.5 Å². The molecule has 8 heteroatoms. The van der Waals surface area contributed by atoms with Gasteiger partial charge in [0, 0.05) is 18.3 Å². The van der Waals surface area contributed by atoms with Crippen molar-refractivity contribution in [2.24, 2.45) is 0 Å². The van der Waals surface area contributed by atoms with Gasteiger partial charge in [-0.25, -0.2) is 9.69 Å². The summed E-state index contributed by atoms with van der Waals surface area (Å²) in [5.74, 6) is 0.492. The zero-order valence-electron chi connectivity index (χ0n) is 16.8. The van der Waals surface area contributed by atoms with Crippen molar-refractivity contribution >= 4 is 17.6 Å². The van der Waals surface area contributed by atoms with E-state index in [9.17, 15) is 9.59 Å². The van der Waals surface area contributed by atoms with Crippen LogP contribution in [0.2, 0.25) is 0 Å². The van der Waals surface area contributed by atoms with Crippen LogP contribution >= 0.6 is 0 Å². The lowest BCUT2D eigenvalue weighted by Gasteiger charge is -2.16. The van der Waals surface area contributed by atoms with E-state index in [4.69, 9.17) is 4.52 Å². The number of nitrogens with zero attached hydrogens (tertiary/aromatic N) is 5. The van der Waals surface area contributed by atoms with Crippen molar-refractivity contribution in [2.75, 3.05) is 18.0 Å². The molecule has 2 aromatic heterocycles. The fourth-order valence-corrected chi connectivity index (χ4v) is 3.44. The van der Waals surface area contributed by atoms with Crippen LogP contribution in [0.25, 0.3) is 0 Å². The second-order valence-corrected chi connectivity index (χ2v) is 7.37. The fourth-order valence-electron chi connectivity index (χ4n) is 3.44. The first-order valence-electron chi connectivity index (χ1n) is 9.54. The number of benzene rings is 1. The highest BCUT2D eigenvalue weighted by molar-refractivity contribution is 6.19. The van der Waals surface area contributed by atoms with Gasteiger partial charge in [0.05, 0.1) is 24.1 Å². The van der Waals surface area contributed by atoms with Crippen LogP contribution in [-0.2, 0) is 17.8 Å². The zero-order valence-corrected chi connectivity index (χ0v) is 16.8. The molecule has 3 heterocycles. The third-order valence-electron chi connectivity index (χ3n) is 5.21. The molecule has 4 rings (SSSR count). The molecule has 1 aromatic carbocycles. The Morgan fingerprint density at radius 3 is 2.55 bits per heavy atom. The van der Waals surface area contributed by atoms with Crippen molar-refractivity contribution in [3.05, 3.63) is 64.8 Å². The number of imide groups is 1. The molecule has 3 amide bonds. The van der Waals surface area contributed by atoms with Crippen molar-refractivity contribution < 1.29 is 14.1 Å². The molecule has 0 saturated carbocycles. The SMILES string of the molecule is Cc1ccc(CCN2CC(=O)N(c3cnn(Cc4c(C)noc4C)c3)C2=O)cc1. The minimum Gasteiger partial charge on any atom is -0.361 e. The number of urea groups is 1. The Hall–Kier alpha value is -3.42. The average molecular weight is 393 g/mol. The maximum absolute atomic E-state index is 12.8. The molecule has 0 radical (unpaired) electrons. The molecular weight excluding hydrogens is 370 g/mol. The fraction of sp³-hybridized carbons (Fsp3) is 0.333. The van der Waals surface area contributed by atoms with Gasteiger partial charge in [0.2, 0.25) is 0 Å². The average Bonchev–Trinajstić information content (AvgIpc) is 3.36. The number of amides is 3. The van der Waals surface area contributed by atoms with E-state index in [2.05, 4.69) is 10.3 Å². The van der Waals surface area contributed by atoms with Crippen LogP contribution in [0.15, 0.2) is 41.2 Å². The lowest BCUT2D eigenvalue weighted by molar-refractivity contribution is -0.116. The molecule has 150 valence electrons. The standard InChI is InChI=1S/C21H23N5O3/c1-14-4-6-17(7-5-14)8-9-24-13-20(27)26(21(24)28)18-10-22-25(11-18)12-19-15(2)23-29-16(19)3/h4-7,10-11H,8-9,12-13H2,1-3H3. The van der Waals surface area contributed by atoms with Crippen LogP contribution < -0.4 is 4.90 Å². The zero-order chi connectivity index (χ0) is 20.5. The predicted molar refractivity (Wildman–Crippen MR) is 107 cm³/mol. The summed E-state index contributed by atoms with van der Waals surface area (Å²) >= 11 is 0. The van der Waals surface area contributed by atoms with E-state index in [1.54, 1.807) is 15.8 Å². The third kappa shape index (κ3) is 3.78. The van der Waals surface area contributed by atoms with Crippen molar-refractivity contribution in [2.45, 2.75) is 33.7 Å². The molecule has 0 spiro atoms. The second-order valence-electron chi connectivity index (χ2n) is 7.37. The number of hydrogen-bond donors (Lipinski definition) is 0. The maximum atomic E-state index is 12.8. The number of anilines is 1. The third-order valence-corrected chi connectivity index (χ3v) is 5.21. The molecule has 1 fully saturated rings. The van der Waals surface area contributed by atoms with Crippen LogP contribution in [-0.4, -0.2) is 44.9 Å². The van der Waals surface area contributed by atoms with Crippen LogP contribution in [0, 0.1) is 20.8 Å². The lowest BCUT2D eigenvalue weighted by atomic mass is 10.1. The Kier molecular flexibility index (Phi) is 4.92. The molecule has 29 heavy (non-hydrogen) atoms. The van der Waals surface area contributed by atoms with Crippen molar-refractivity contribution in [3.63, 3.8) is 0 Å². The predicted octanol–water partition coefficient (Wildman–Crippen LogP) is 2.86. The van der Waals surface area contributed by atoms with E-state index in [0.29, 0.717) is 25.2 Å². The highest BCUT2D eigenvalue weighted by Crippen LogP contribution is 2.22. The van der Waals surface area contributed by atoms with E-state index >= 15 is 0 Å². The first-order valence-corrected chi connectivity index (χ1v) is 9.54. The number of hydrogen-bond acceptors (Lipinski definition) is 5. The summed E-state index contributed by atoms with van der Waals surface area (Å²) in [6.45, 7) is 6.80. The van der Waals surface area contributed by atoms with Crippen molar-refractivity contribution in [1.82, 2.24) is 19.8 Å². The van der Waals surface area contributed by atoms with Crippen LogP contribution in [0.5, 0.6) is 0 Å². The van der Waals surface area contributed by atoms with Gasteiger partial charge in [-0.3, -0.25) is 9.48 Å². The van der Waals surface area contributed by atoms with Gasteiger partial charge >= 0.3 is 6.03 Å². The molecular formula is C21H23N5O3. The van der Waals surface area contributed by atoms with Crippen molar-refractivity contribution in [1.29, 1.82) is 0 Å². The maximum Gasteiger partial charge on any atom is 0.331 e. The van der Waals surface area contributed by atoms with E-state index in [1.165, 1.54) is 16.7 Å². The first kappa shape index (κ1) is 18.9. The second kappa shape index (κ2) is 7.54. The first-order chi connectivity index (χ1) is 13.9. The van der Waals surface area contributed by atoms with E-state index < -0.39 is 0 Å². The quantitative estimate of drug-likeness (QED) is 0.601. The lowest BCUT2D eigenvalue weighted by Crippen LogP contribution is -2.33. The molecule has 3 aromatic rings. The summed E-state index contributed by atoms with van der Waals surface area (Å²) < 4.78 is 6.85. The number of aryl methyl sites for hydroxylation is 3. The number of carbonyl (C=O) groups is 2. The molecule has 0 atom stereocenters. The highest BCUT2D eigenvalue weighted by atomic mass is 16.5. The number of carbonyl (C=O) groups excluding carboxylic acids is 2. The smallest absolute Gasteiger partial charge is 0.331 e. The van der Waals surface area contributed by atoms with Gasteiger partial charge in [-0.15, -0.1) is 0 Å². The number of aromatic nitrogens is 3. The summed E-state index contributed by atoms with van der Waals surface area (Å²) in [6.07, 6.45) is 3.95. The molecule has 0 N–H and O–H groups in total. The van der Waals surface area contributed by atoms with Gasteiger partial charge in [0.25, 0.3) is 5.91 Å². The van der Waals surface area contributed by atoms with Gasteiger partial charge in [-0.05, 0) is 32.8 Å². The molecule has 0 unspecified atom stereocenters. The molecule has 1 saturated heterocycles. The molecule has 0 aliphatic carbocycles. The molecule has 1 aliphatic rings. The minimum atomic E-state index is -0.306. The largest absolute Gasteiger partial charge is 0.361 e. The number of rotatable bonds is 6. The van der Waals surface area contributed by atoms with Gasteiger partial charge < -0.3 is 9.42 Å². The van der Waals surface area contributed by atoms with Gasteiger partial charge in [0.15, 0.2) is 0 Å². The van der Waals surface area contributed by atoms with Crippen LogP contribution in [0.4, 0.5) is 10.5 Å². The van der Waals surface area contributed by atoms with E-state index in [0.717, 1.165) is 22.6 Å². The molecule has 8 nitrogen and oxygen atoms in total. The Bertz CT molecular complexity index is 1030. The van der Waals surface area contributed by atoms with Crippen LogP contribution in [0.1, 0.15) is 28.1 Å². The summed E-state index contributed by atoms with van der Waals surface area (Å²) in [5, 5.41) is 8.24. The summed E-state index contributed by atoms with van der Waals surface area (Å²) in [5.41, 5.74) is 4.56.